The first-order valence-electron chi connectivity index (χ1n) is 4.91. The summed E-state index contributed by atoms with van der Waals surface area (Å²) in [6, 6.07) is 2.07. The molecule has 0 aliphatic carbocycles. The number of carbonyl (C=O) groups is 1. The topological polar surface area (TPSA) is 29.1 Å². The van der Waals surface area contributed by atoms with Crippen LogP contribution in [0.15, 0.2) is 18.2 Å². The summed E-state index contributed by atoms with van der Waals surface area (Å²) in [5.41, 5.74) is -1.45. The van der Waals surface area contributed by atoms with Gasteiger partial charge >= 0.3 is 6.18 Å². The van der Waals surface area contributed by atoms with E-state index >= 15 is 0 Å². The zero-order valence-corrected chi connectivity index (χ0v) is 9.36. The molecule has 0 saturated carbocycles. The summed E-state index contributed by atoms with van der Waals surface area (Å²) in [7, 11) is 0. The Hall–Kier alpha value is -2.03. The minimum atomic E-state index is -4.59. The van der Waals surface area contributed by atoms with E-state index in [0.29, 0.717) is 12.1 Å². The summed E-state index contributed by atoms with van der Waals surface area (Å²) in [4.78, 5) is 10.5. The van der Waals surface area contributed by atoms with Crippen LogP contribution in [0.3, 0.4) is 0 Å². The summed E-state index contributed by atoms with van der Waals surface area (Å²) < 4.78 is 50.5. The monoisotopic (exact) mass is 259 g/mol. The molecule has 0 saturated heterocycles. The number of amides is 1. The number of hydrogen-bond donors (Lipinski definition) is 1. The molecule has 0 aliphatic heterocycles. The molecule has 0 heterocycles. The normalized spacial score (nSPS) is 10.5. The van der Waals surface area contributed by atoms with Gasteiger partial charge in [0, 0.05) is 12.5 Å². The second kappa shape index (κ2) is 5.54. The molecule has 1 rings (SSSR count). The lowest BCUT2D eigenvalue weighted by molar-refractivity contribution is -0.137. The van der Waals surface area contributed by atoms with Gasteiger partial charge in [0.1, 0.15) is 5.82 Å². The summed E-state index contributed by atoms with van der Waals surface area (Å²) in [5.74, 6) is 3.37. The molecule has 1 aromatic rings. The number of carbonyl (C=O) groups excluding carboxylic acids is 1. The van der Waals surface area contributed by atoms with E-state index < -0.39 is 23.1 Å². The molecule has 18 heavy (non-hydrogen) atoms. The van der Waals surface area contributed by atoms with Crippen LogP contribution in [0.5, 0.6) is 0 Å². The van der Waals surface area contributed by atoms with Crippen LogP contribution in [0.2, 0.25) is 0 Å². The Morgan fingerprint density at radius 2 is 2.06 bits per heavy atom. The largest absolute Gasteiger partial charge is 0.417 e. The molecule has 2 nitrogen and oxygen atoms in total. The van der Waals surface area contributed by atoms with Crippen molar-refractivity contribution in [2.24, 2.45) is 0 Å². The van der Waals surface area contributed by atoms with Crippen molar-refractivity contribution < 1.29 is 22.4 Å². The predicted octanol–water partition coefficient (Wildman–Crippen LogP) is 2.33. The molecule has 0 bridgehead atoms. The van der Waals surface area contributed by atoms with Gasteiger partial charge in [-0.15, -0.1) is 0 Å². The SMILES string of the molecule is CC(=O)NCC#Cc1cc(F)ccc1C(F)(F)F. The molecule has 0 unspecified atom stereocenters. The fourth-order valence-electron chi connectivity index (χ4n) is 1.18. The van der Waals surface area contributed by atoms with E-state index in [4.69, 9.17) is 0 Å². The summed E-state index contributed by atoms with van der Waals surface area (Å²) in [6.45, 7) is 1.16. The molecule has 0 fully saturated rings. The van der Waals surface area contributed by atoms with Gasteiger partial charge in [0.05, 0.1) is 12.1 Å². The lowest BCUT2D eigenvalue weighted by atomic mass is 10.1. The van der Waals surface area contributed by atoms with Crippen molar-refractivity contribution in [2.45, 2.75) is 13.1 Å². The van der Waals surface area contributed by atoms with Crippen molar-refractivity contribution in [1.29, 1.82) is 0 Å². The van der Waals surface area contributed by atoms with Crippen LogP contribution < -0.4 is 5.32 Å². The maximum absolute atomic E-state index is 12.9. The van der Waals surface area contributed by atoms with Crippen LogP contribution in [0.4, 0.5) is 17.6 Å². The average Bonchev–Trinajstić information content (AvgIpc) is 2.22. The van der Waals surface area contributed by atoms with E-state index in [1.807, 2.05) is 0 Å². The standard InChI is InChI=1S/C12H9F4NO/c1-8(18)17-6-2-3-9-7-10(13)4-5-11(9)12(14,15)16/h4-5,7H,6H2,1H3,(H,17,18). The molecule has 0 atom stereocenters. The number of rotatable bonds is 1. The Labute approximate surface area is 101 Å². The van der Waals surface area contributed by atoms with Gasteiger partial charge in [0.15, 0.2) is 0 Å². The van der Waals surface area contributed by atoms with Crippen molar-refractivity contribution in [1.82, 2.24) is 5.32 Å². The lowest BCUT2D eigenvalue weighted by Gasteiger charge is -2.08. The number of halogens is 4. The second-order valence-corrected chi connectivity index (χ2v) is 3.40. The van der Waals surface area contributed by atoms with Crippen molar-refractivity contribution >= 4 is 5.91 Å². The van der Waals surface area contributed by atoms with Gasteiger partial charge in [-0.2, -0.15) is 13.2 Å². The highest BCUT2D eigenvalue weighted by molar-refractivity contribution is 5.73. The molecule has 1 aromatic carbocycles. The minimum Gasteiger partial charge on any atom is -0.345 e. The zero-order valence-electron chi connectivity index (χ0n) is 9.36. The van der Waals surface area contributed by atoms with E-state index in [0.717, 1.165) is 6.07 Å². The first kappa shape index (κ1) is 14.0. The average molecular weight is 259 g/mol. The lowest BCUT2D eigenvalue weighted by Crippen LogP contribution is -2.19. The van der Waals surface area contributed by atoms with Gasteiger partial charge < -0.3 is 5.32 Å². The van der Waals surface area contributed by atoms with E-state index in [-0.39, 0.29) is 12.5 Å². The van der Waals surface area contributed by atoms with Gasteiger partial charge in [-0.05, 0) is 18.2 Å². The Morgan fingerprint density at radius 3 is 2.61 bits per heavy atom. The molecule has 0 radical (unpaired) electrons. The highest BCUT2D eigenvalue weighted by Gasteiger charge is 2.33. The third kappa shape index (κ3) is 4.09. The maximum atomic E-state index is 12.9. The minimum absolute atomic E-state index is 0.0941. The molecule has 1 amide bonds. The summed E-state index contributed by atoms with van der Waals surface area (Å²) in [6.07, 6.45) is -4.59. The second-order valence-electron chi connectivity index (χ2n) is 3.40. The van der Waals surface area contributed by atoms with Gasteiger partial charge in [0.2, 0.25) is 5.91 Å². The van der Waals surface area contributed by atoms with Crippen LogP contribution in [0.1, 0.15) is 18.1 Å². The van der Waals surface area contributed by atoms with E-state index in [2.05, 4.69) is 17.2 Å². The van der Waals surface area contributed by atoms with Crippen LogP contribution in [0.25, 0.3) is 0 Å². The maximum Gasteiger partial charge on any atom is 0.417 e. The third-order valence-corrected chi connectivity index (χ3v) is 1.94. The molecular weight excluding hydrogens is 250 g/mol. The third-order valence-electron chi connectivity index (χ3n) is 1.94. The van der Waals surface area contributed by atoms with Crippen molar-refractivity contribution in [3.8, 4) is 11.8 Å². The molecule has 0 aromatic heterocycles. The van der Waals surface area contributed by atoms with E-state index in [9.17, 15) is 22.4 Å². The van der Waals surface area contributed by atoms with Crippen LogP contribution in [0, 0.1) is 17.7 Å². The highest BCUT2D eigenvalue weighted by Crippen LogP contribution is 2.31. The summed E-state index contributed by atoms with van der Waals surface area (Å²) in [5, 5.41) is 2.30. The predicted molar refractivity (Wildman–Crippen MR) is 57.0 cm³/mol. The quantitative estimate of drug-likeness (QED) is 0.608. The number of nitrogens with one attached hydrogen (secondary N) is 1. The van der Waals surface area contributed by atoms with Gasteiger partial charge in [-0.3, -0.25) is 4.79 Å². The van der Waals surface area contributed by atoms with Crippen LogP contribution in [-0.4, -0.2) is 12.5 Å². The Bertz CT molecular complexity index is 511. The Balaban J connectivity index is 2.99. The molecular formula is C12H9F4NO. The number of hydrogen-bond acceptors (Lipinski definition) is 1. The molecule has 6 heteroatoms. The van der Waals surface area contributed by atoms with Crippen molar-refractivity contribution in [3.63, 3.8) is 0 Å². The van der Waals surface area contributed by atoms with Gasteiger partial charge in [0.25, 0.3) is 0 Å². The smallest absolute Gasteiger partial charge is 0.345 e. The Kier molecular flexibility index (Phi) is 4.32. The van der Waals surface area contributed by atoms with Crippen LogP contribution in [-0.2, 0) is 11.0 Å². The first-order chi connectivity index (χ1) is 8.30. The fourth-order valence-corrected chi connectivity index (χ4v) is 1.18. The van der Waals surface area contributed by atoms with Crippen molar-refractivity contribution in [3.05, 3.63) is 35.1 Å². The van der Waals surface area contributed by atoms with Crippen molar-refractivity contribution in [2.75, 3.05) is 6.54 Å². The number of benzene rings is 1. The van der Waals surface area contributed by atoms with Gasteiger partial charge in [-0.1, -0.05) is 11.8 Å². The summed E-state index contributed by atoms with van der Waals surface area (Å²) >= 11 is 0. The molecule has 0 spiro atoms. The molecule has 96 valence electrons. The first-order valence-corrected chi connectivity index (χ1v) is 4.91. The highest BCUT2D eigenvalue weighted by atomic mass is 19.4. The fraction of sp³-hybridized carbons (Fsp3) is 0.250. The molecule has 1 N–H and O–H groups in total. The van der Waals surface area contributed by atoms with E-state index in [1.54, 1.807) is 0 Å². The Morgan fingerprint density at radius 1 is 1.39 bits per heavy atom. The van der Waals surface area contributed by atoms with E-state index in [1.165, 1.54) is 6.92 Å². The van der Waals surface area contributed by atoms with Crippen LogP contribution >= 0.6 is 0 Å². The zero-order chi connectivity index (χ0) is 13.8. The van der Waals surface area contributed by atoms with Gasteiger partial charge in [-0.25, -0.2) is 4.39 Å². The molecule has 0 aliphatic rings. The number of alkyl halides is 3.